The van der Waals surface area contributed by atoms with E-state index < -0.39 is 0 Å². The highest BCUT2D eigenvalue weighted by Crippen LogP contribution is 2.16. The molecule has 0 saturated carbocycles. The van der Waals surface area contributed by atoms with Gasteiger partial charge in [0.2, 0.25) is 0 Å². The number of nitrogens with one attached hydrogen (secondary N) is 2. The molecular formula is C14H23N5. The number of hydrogen-bond acceptors (Lipinski definition) is 3. The molecule has 0 amide bonds. The number of imidazole rings is 1. The summed E-state index contributed by atoms with van der Waals surface area (Å²) in [7, 11) is 0. The normalized spacial score (nSPS) is 12.0. The first-order valence-corrected chi connectivity index (χ1v) is 6.79. The highest BCUT2D eigenvalue weighted by atomic mass is 15.3. The van der Waals surface area contributed by atoms with Gasteiger partial charge in [0, 0.05) is 36.8 Å². The fourth-order valence-electron chi connectivity index (χ4n) is 1.87. The topological polar surface area (TPSA) is 58.5 Å². The van der Waals surface area contributed by atoms with Crippen molar-refractivity contribution in [2.45, 2.75) is 46.2 Å². The summed E-state index contributed by atoms with van der Waals surface area (Å²) in [6.45, 7) is 10.4. The fourth-order valence-corrected chi connectivity index (χ4v) is 1.87. The van der Waals surface area contributed by atoms with E-state index in [1.807, 2.05) is 23.3 Å². The molecule has 0 fully saturated rings. The van der Waals surface area contributed by atoms with Crippen molar-refractivity contribution in [2.24, 2.45) is 0 Å². The molecule has 0 atom stereocenters. The summed E-state index contributed by atoms with van der Waals surface area (Å²) in [5.41, 5.74) is 2.27. The number of aromatic nitrogens is 4. The molecule has 0 aliphatic carbocycles. The average molecular weight is 261 g/mol. The Balaban J connectivity index is 1.95. The van der Waals surface area contributed by atoms with Crippen LogP contribution in [0.25, 0.3) is 11.3 Å². The van der Waals surface area contributed by atoms with Crippen molar-refractivity contribution in [1.82, 2.24) is 25.1 Å². The van der Waals surface area contributed by atoms with Gasteiger partial charge in [0.15, 0.2) is 0 Å². The number of nitrogens with zero attached hydrogens (tertiary/aromatic N) is 3. The molecule has 0 radical (unpaired) electrons. The number of hydrogen-bond donors (Lipinski definition) is 2. The lowest BCUT2D eigenvalue weighted by molar-refractivity contribution is 0.427. The molecule has 2 heterocycles. The van der Waals surface area contributed by atoms with Crippen LogP contribution in [0.4, 0.5) is 0 Å². The van der Waals surface area contributed by atoms with E-state index in [0.29, 0.717) is 0 Å². The van der Waals surface area contributed by atoms with E-state index in [1.165, 1.54) is 0 Å². The zero-order valence-electron chi connectivity index (χ0n) is 12.2. The lowest BCUT2D eigenvalue weighted by Crippen LogP contribution is -2.37. The fraction of sp³-hybridized carbons (Fsp3) is 0.571. The van der Waals surface area contributed by atoms with Gasteiger partial charge in [-0.1, -0.05) is 0 Å². The SMILES string of the molecule is CCn1cc(-c2cnc(CCNC(C)(C)C)[nH]2)cn1. The van der Waals surface area contributed by atoms with Gasteiger partial charge in [0.25, 0.3) is 0 Å². The van der Waals surface area contributed by atoms with Gasteiger partial charge in [-0.05, 0) is 27.7 Å². The number of aryl methyl sites for hydroxylation is 1. The van der Waals surface area contributed by atoms with Gasteiger partial charge >= 0.3 is 0 Å². The quantitative estimate of drug-likeness (QED) is 0.867. The van der Waals surface area contributed by atoms with Crippen LogP contribution in [0.1, 0.15) is 33.5 Å². The average Bonchev–Trinajstić information content (AvgIpc) is 2.94. The van der Waals surface area contributed by atoms with Crippen LogP contribution in [0.2, 0.25) is 0 Å². The lowest BCUT2D eigenvalue weighted by Gasteiger charge is -2.19. The van der Waals surface area contributed by atoms with Gasteiger partial charge < -0.3 is 10.3 Å². The molecule has 104 valence electrons. The third kappa shape index (κ3) is 3.92. The van der Waals surface area contributed by atoms with Crippen molar-refractivity contribution in [3.05, 3.63) is 24.4 Å². The highest BCUT2D eigenvalue weighted by molar-refractivity contribution is 5.55. The van der Waals surface area contributed by atoms with Crippen molar-refractivity contribution < 1.29 is 0 Å². The third-order valence-corrected chi connectivity index (χ3v) is 2.91. The summed E-state index contributed by atoms with van der Waals surface area (Å²) in [6.07, 6.45) is 6.68. The van der Waals surface area contributed by atoms with Crippen molar-refractivity contribution in [1.29, 1.82) is 0 Å². The number of H-pyrrole nitrogens is 1. The minimum atomic E-state index is 0.150. The van der Waals surface area contributed by atoms with E-state index in [-0.39, 0.29) is 5.54 Å². The largest absolute Gasteiger partial charge is 0.342 e. The van der Waals surface area contributed by atoms with Crippen LogP contribution in [-0.4, -0.2) is 31.8 Å². The maximum Gasteiger partial charge on any atom is 0.107 e. The summed E-state index contributed by atoms with van der Waals surface area (Å²) in [5.74, 6) is 1.01. The highest BCUT2D eigenvalue weighted by Gasteiger charge is 2.09. The van der Waals surface area contributed by atoms with E-state index in [2.05, 4.69) is 48.1 Å². The number of aromatic amines is 1. The molecule has 0 aliphatic rings. The van der Waals surface area contributed by atoms with Crippen LogP contribution < -0.4 is 5.32 Å². The van der Waals surface area contributed by atoms with Crippen LogP contribution in [0.15, 0.2) is 18.6 Å². The van der Waals surface area contributed by atoms with Crippen molar-refractivity contribution in [2.75, 3.05) is 6.54 Å². The summed E-state index contributed by atoms with van der Waals surface area (Å²) in [5, 5.41) is 7.73. The molecule has 2 rings (SSSR count). The molecule has 5 nitrogen and oxygen atoms in total. The first-order chi connectivity index (χ1) is 8.98. The van der Waals surface area contributed by atoms with Gasteiger partial charge in [-0.2, -0.15) is 5.10 Å². The van der Waals surface area contributed by atoms with Crippen LogP contribution in [0, 0.1) is 0 Å². The zero-order valence-corrected chi connectivity index (χ0v) is 12.2. The molecular weight excluding hydrogens is 238 g/mol. The predicted molar refractivity (Wildman–Crippen MR) is 76.9 cm³/mol. The Bertz CT molecular complexity index is 518. The summed E-state index contributed by atoms with van der Waals surface area (Å²) < 4.78 is 1.91. The van der Waals surface area contributed by atoms with E-state index in [9.17, 15) is 0 Å². The van der Waals surface area contributed by atoms with Gasteiger partial charge in [-0.15, -0.1) is 0 Å². The maximum absolute atomic E-state index is 4.41. The molecule has 2 N–H and O–H groups in total. The second-order valence-corrected chi connectivity index (χ2v) is 5.76. The Morgan fingerprint density at radius 2 is 2.11 bits per heavy atom. The van der Waals surface area contributed by atoms with Crippen molar-refractivity contribution in [3.8, 4) is 11.3 Å². The molecule has 0 saturated heterocycles. The summed E-state index contributed by atoms with van der Waals surface area (Å²) >= 11 is 0. The van der Waals surface area contributed by atoms with Gasteiger partial charge in [0.05, 0.1) is 18.1 Å². The van der Waals surface area contributed by atoms with Gasteiger partial charge in [-0.25, -0.2) is 4.98 Å². The van der Waals surface area contributed by atoms with Crippen molar-refractivity contribution in [3.63, 3.8) is 0 Å². The standard InChI is InChI=1S/C14H23N5/c1-5-19-10-11(8-17-19)12-9-15-13(18-12)6-7-16-14(2,3)4/h8-10,16H,5-7H2,1-4H3,(H,15,18). The van der Waals surface area contributed by atoms with E-state index in [0.717, 1.165) is 36.6 Å². The Hall–Kier alpha value is -1.62. The molecule has 2 aromatic heterocycles. The second kappa shape index (κ2) is 5.57. The Kier molecular flexibility index (Phi) is 4.04. The Morgan fingerprint density at radius 3 is 2.74 bits per heavy atom. The lowest BCUT2D eigenvalue weighted by atomic mass is 10.1. The van der Waals surface area contributed by atoms with E-state index in [4.69, 9.17) is 0 Å². The van der Waals surface area contributed by atoms with Crippen LogP contribution in [0.3, 0.4) is 0 Å². The molecule has 0 aromatic carbocycles. The molecule has 0 aliphatic heterocycles. The van der Waals surface area contributed by atoms with Crippen LogP contribution in [-0.2, 0) is 13.0 Å². The van der Waals surface area contributed by atoms with E-state index >= 15 is 0 Å². The third-order valence-electron chi connectivity index (χ3n) is 2.91. The maximum atomic E-state index is 4.41. The Labute approximate surface area is 114 Å². The van der Waals surface area contributed by atoms with Crippen molar-refractivity contribution >= 4 is 0 Å². The minimum Gasteiger partial charge on any atom is -0.342 e. The first kappa shape index (κ1) is 13.8. The summed E-state index contributed by atoms with van der Waals surface area (Å²) in [6, 6.07) is 0. The second-order valence-electron chi connectivity index (χ2n) is 5.76. The number of rotatable bonds is 5. The van der Waals surface area contributed by atoms with Gasteiger partial charge in [-0.3, -0.25) is 4.68 Å². The van der Waals surface area contributed by atoms with Crippen LogP contribution in [0.5, 0.6) is 0 Å². The predicted octanol–water partition coefficient (Wildman–Crippen LogP) is 2.22. The van der Waals surface area contributed by atoms with Gasteiger partial charge in [0.1, 0.15) is 5.82 Å². The monoisotopic (exact) mass is 261 g/mol. The zero-order chi connectivity index (χ0) is 13.9. The van der Waals surface area contributed by atoms with Crippen LogP contribution >= 0.6 is 0 Å². The molecule has 19 heavy (non-hydrogen) atoms. The molecule has 5 heteroatoms. The van der Waals surface area contributed by atoms with E-state index in [1.54, 1.807) is 0 Å². The molecule has 0 spiro atoms. The minimum absolute atomic E-state index is 0.150. The molecule has 0 bridgehead atoms. The molecule has 0 unspecified atom stereocenters. The summed E-state index contributed by atoms with van der Waals surface area (Å²) in [4.78, 5) is 7.76. The first-order valence-electron chi connectivity index (χ1n) is 6.79. The molecule has 2 aromatic rings. The Morgan fingerprint density at radius 1 is 1.32 bits per heavy atom. The smallest absolute Gasteiger partial charge is 0.107 e.